The summed E-state index contributed by atoms with van der Waals surface area (Å²) in [6, 6.07) is 19.7. The molecule has 0 aliphatic heterocycles. The highest BCUT2D eigenvalue weighted by molar-refractivity contribution is 6.07. The quantitative estimate of drug-likeness (QED) is 0.793. The van der Waals surface area contributed by atoms with Crippen molar-refractivity contribution in [3.63, 3.8) is 0 Å². The zero-order valence-electron chi connectivity index (χ0n) is 13.6. The first-order valence-corrected chi connectivity index (χ1v) is 7.42. The number of Topliss-reactive ketones (excluding diaryl/α,β-unsaturated/α-hetero) is 1. The van der Waals surface area contributed by atoms with Gasteiger partial charge in [-0.1, -0.05) is 60.7 Å². The number of nitrogens with zero attached hydrogens (tertiary/aromatic N) is 2. The van der Waals surface area contributed by atoms with Crippen molar-refractivity contribution < 1.29 is 14.3 Å². The number of ether oxygens (including phenoxy) is 1. The summed E-state index contributed by atoms with van der Waals surface area (Å²) in [4.78, 5) is 26.2. The predicted molar refractivity (Wildman–Crippen MR) is 89.4 cm³/mol. The molecule has 0 aliphatic carbocycles. The fourth-order valence-electron chi connectivity index (χ4n) is 2.53. The van der Waals surface area contributed by atoms with E-state index in [0.29, 0.717) is 5.56 Å². The first-order valence-electron chi connectivity index (χ1n) is 7.42. The van der Waals surface area contributed by atoms with Crippen molar-refractivity contribution in [3.8, 4) is 6.07 Å². The Morgan fingerprint density at radius 3 is 2.12 bits per heavy atom. The maximum atomic E-state index is 13.1. The van der Waals surface area contributed by atoms with Crippen LogP contribution in [0.3, 0.4) is 0 Å². The highest BCUT2D eigenvalue weighted by Gasteiger charge is 2.46. The van der Waals surface area contributed by atoms with Gasteiger partial charge in [0.25, 0.3) is 0 Å². The molecule has 122 valence electrons. The molecule has 0 N–H and O–H groups in total. The topological polar surface area (TPSA) is 70.4 Å². The molecular weight excluding hydrogens is 304 g/mol. The Hall–Kier alpha value is -3.13. The third-order valence-electron chi connectivity index (χ3n) is 3.92. The summed E-state index contributed by atoms with van der Waals surface area (Å²) in [5, 5.41) is 9.86. The molecule has 2 aromatic rings. The van der Waals surface area contributed by atoms with E-state index >= 15 is 0 Å². The van der Waals surface area contributed by atoms with Crippen LogP contribution in [0, 0.1) is 11.3 Å². The van der Waals surface area contributed by atoms with Gasteiger partial charge in [0.15, 0.2) is 5.54 Å². The molecule has 0 saturated carbocycles. The molecule has 5 nitrogen and oxygen atoms in total. The number of rotatable bonds is 5. The number of nitriles is 1. The second-order valence-corrected chi connectivity index (χ2v) is 5.36. The Balaban J connectivity index is 2.53. The molecule has 1 amide bonds. The minimum Gasteiger partial charge on any atom is -0.453 e. The molecular formula is C19H18N2O3. The van der Waals surface area contributed by atoms with Gasteiger partial charge in [-0.15, -0.1) is 0 Å². The van der Waals surface area contributed by atoms with Gasteiger partial charge >= 0.3 is 6.09 Å². The van der Waals surface area contributed by atoms with Crippen molar-refractivity contribution in [2.75, 3.05) is 14.2 Å². The molecule has 0 spiro atoms. The lowest BCUT2D eigenvalue weighted by Gasteiger charge is -2.34. The molecule has 0 saturated heterocycles. The summed E-state index contributed by atoms with van der Waals surface area (Å²) in [5.74, 6) is -0.442. The van der Waals surface area contributed by atoms with E-state index < -0.39 is 17.4 Å². The van der Waals surface area contributed by atoms with E-state index in [2.05, 4.69) is 6.07 Å². The van der Waals surface area contributed by atoms with Crippen LogP contribution in [0.2, 0.25) is 0 Å². The second kappa shape index (κ2) is 7.42. The lowest BCUT2D eigenvalue weighted by molar-refractivity contribution is 0.0676. The lowest BCUT2D eigenvalue weighted by atomic mass is 9.83. The highest BCUT2D eigenvalue weighted by atomic mass is 16.5. The molecule has 2 rings (SSSR count). The van der Waals surface area contributed by atoms with Crippen LogP contribution in [-0.2, 0) is 11.2 Å². The molecule has 0 fully saturated rings. The van der Waals surface area contributed by atoms with Gasteiger partial charge < -0.3 is 4.74 Å². The average molecular weight is 322 g/mol. The molecule has 0 aromatic heterocycles. The van der Waals surface area contributed by atoms with Gasteiger partial charge in [-0.05, 0) is 5.56 Å². The molecule has 0 unspecified atom stereocenters. The minimum absolute atomic E-state index is 0.0731. The second-order valence-electron chi connectivity index (χ2n) is 5.36. The fourth-order valence-corrected chi connectivity index (χ4v) is 2.53. The zero-order chi connectivity index (χ0) is 17.6. The zero-order valence-corrected chi connectivity index (χ0v) is 13.6. The van der Waals surface area contributed by atoms with E-state index in [4.69, 9.17) is 4.74 Å². The maximum absolute atomic E-state index is 13.1. The van der Waals surface area contributed by atoms with Gasteiger partial charge in [0, 0.05) is 19.0 Å². The van der Waals surface area contributed by atoms with Gasteiger partial charge in [-0.2, -0.15) is 5.26 Å². The van der Waals surface area contributed by atoms with Gasteiger partial charge in [0.05, 0.1) is 13.2 Å². The van der Waals surface area contributed by atoms with Crippen molar-refractivity contribution >= 4 is 11.9 Å². The number of ketones is 1. The van der Waals surface area contributed by atoms with E-state index in [-0.39, 0.29) is 6.42 Å². The van der Waals surface area contributed by atoms with E-state index in [1.54, 1.807) is 30.3 Å². The van der Waals surface area contributed by atoms with E-state index in [9.17, 15) is 14.9 Å². The van der Waals surface area contributed by atoms with Crippen molar-refractivity contribution in [1.82, 2.24) is 4.90 Å². The van der Waals surface area contributed by atoms with E-state index in [1.165, 1.54) is 14.2 Å². The number of benzene rings is 2. The molecule has 5 heteroatoms. The van der Waals surface area contributed by atoms with Gasteiger partial charge in [0.1, 0.15) is 0 Å². The predicted octanol–water partition coefficient (Wildman–Crippen LogP) is 3.07. The standard InChI is InChI=1S/C19H18N2O3/c1-21(18(23)24-2)19(14-20,13-15-9-5-3-6-10-15)17(22)16-11-7-4-8-12-16/h3-12H,13H2,1-2H3/t19-/m1/s1. The lowest BCUT2D eigenvalue weighted by Crippen LogP contribution is -2.56. The molecule has 0 aliphatic rings. The number of carbonyl (C=O) groups excluding carboxylic acids is 2. The number of likely N-dealkylation sites (N-methyl/N-ethyl adjacent to an activating group) is 1. The molecule has 0 radical (unpaired) electrons. The Bertz CT molecular complexity index is 753. The fraction of sp³-hybridized carbons (Fsp3) is 0.211. The van der Waals surface area contributed by atoms with Crippen LogP contribution in [0.25, 0.3) is 0 Å². The monoisotopic (exact) mass is 322 g/mol. The number of hydrogen-bond acceptors (Lipinski definition) is 4. The molecule has 0 bridgehead atoms. The van der Waals surface area contributed by atoms with Crippen LogP contribution in [0.1, 0.15) is 15.9 Å². The van der Waals surface area contributed by atoms with Gasteiger partial charge in [-0.3, -0.25) is 9.69 Å². The van der Waals surface area contributed by atoms with Crippen molar-refractivity contribution in [3.05, 3.63) is 71.8 Å². The summed E-state index contributed by atoms with van der Waals surface area (Å²) in [6.07, 6.45) is -0.666. The Morgan fingerprint density at radius 2 is 1.62 bits per heavy atom. The normalized spacial score (nSPS) is 12.5. The first-order chi connectivity index (χ1) is 11.5. The van der Waals surface area contributed by atoms with Gasteiger partial charge in [-0.25, -0.2) is 4.79 Å². The molecule has 1 atom stereocenters. The average Bonchev–Trinajstić information content (AvgIpc) is 2.66. The molecule has 0 heterocycles. The number of carbonyl (C=O) groups is 2. The molecule has 24 heavy (non-hydrogen) atoms. The highest BCUT2D eigenvalue weighted by Crippen LogP contribution is 2.25. The van der Waals surface area contributed by atoms with E-state index in [1.807, 2.05) is 30.3 Å². The number of amides is 1. The van der Waals surface area contributed by atoms with Crippen LogP contribution < -0.4 is 0 Å². The number of methoxy groups -OCH3 is 1. The van der Waals surface area contributed by atoms with Crippen molar-refractivity contribution in [2.24, 2.45) is 0 Å². The Morgan fingerprint density at radius 1 is 1.08 bits per heavy atom. The summed E-state index contributed by atoms with van der Waals surface area (Å²) in [5.41, 5.74) is -0.541. The van der Waals surface area contributed by atoms with Crippen LogP contribution in [0.4, 0.5) is 4.79 Å². The SMILES string of the molecule is COC(=O)N(C)[C@@](C#N)(Cc1ccccc1)C(=O)c1ccccc1. The van der Waals surface area contributed by atoms with Crippen LogP contribution in [-0.4, -0.2) is 36.5 Å². The number of hydrogen-bond donors (Lipinski definition) is 0. The maximum Gasteiger partial charge on any atom is 0.410 e. The largest absolute Gasteiger partial charge is 0.453 e. The third-order valence-corrected chi connectivity index (χ3v) is 3.92. The summed E-state index contributed by atoms with van der Waals surface area (Å²) < 4.78 is 4.73. The third kappa shape index (κ3) is 3.28. The molecule has 2 aromatic carbocycles. The minimum atomic E-state index is -1.68. The Labute approximate surface area is 141 Å². The van der Waals surface area contributed by atoms with Crippen molar-refractivity contribution in [1.29, 1.82) is 5.26 Å². The summed E-state index contributed by atoms with van der Waals surface area (Å²) >= 11 is 0. The van der Waals surface area contributed by atoms with Gasteiger partial charge in [0.2, 0.25) is 5.78 Å². The van der Waals surface area contributed by atoms with Crippen molar-refractivity contribution in [2.45, 2.75) is 12.0 Å². The first kappa shape index (κ1) is 17.2. The van der Waals surface area contributed by atoms with Crippen LogP contribution in [0.5, 0.6) is 0 Å². The Kier molecular flexibility index (Phi) is 5.33. The van der Waals surface area contributed by atoms with Crippen LogP contribution in [0.15, 0.2) is 60.7 Å². The summed E-state index contributed by atoms with van der Waals surface area (Å²) in [6.45, 7) is 0. The van der Waals surface area contributed by atoms with E-state index in [0.717, 1.165) is 10.5 Å². The van der Waals surface area contributed by atoms with Crippen LogP contribution >= 0.6 is 0 Å². The smallest absolute Gasteiger partial charge is 0.410 e. The summed E-state index contributed by atoms with van der Waals surface area (Å²) in [7, 11) is 2.62.